The van der Waals surface area contributed by atoms with Crippen molar-refractivity contribution in [1.82, 2.24) is 20.1 Å². The number of nitrogens with zero attached hydrogens (tertiary/aromatic N) is 3. The molecule has 2 N–H and O–H groups in total. The van der Waals surface area contributed by atoms with Gasteiger partial charge < -0.3 is 19.9 Å². The highest BCUT2D eigenvalue weighted by molar-refractivity contribution is 7.99. The Balaban J connectivity index is 1.58. The maximum absolute atomic E-state index is 12.4. The number of carbonyl (C=O) groups is 3. The van der Waals surface area contributed by atoms with Crippen LogP contribution in [0.2, 0.25) is 5.02 Å². The van der Waals surface area contributed by atoms with Gasteiger partial charge in [0.15, 0.2) is 11.0 Å². The molecule has 0 saturated carbocycles. The fourth-order valence-corrected chi connectivity index (χ4v) is 3.85. The van der Waals surface area contributed by atoms with E-state index in [-0.39, 0.29) is 24.1 Å². The van der Waals surface area contributed by atoms with Crippen LogP contribution in [-0.2, 0) is 22.6 Å². The summed E-state index contributed by atoms with van der Waals surface area (Å²) in [6, 6.07) is 13.0. The Bertz CT molecular complexity index is 1200. The molecule has 176 valence electrons. The number of rotatable bonds is 10. The number of aromatic nitrogens is 3. The number of esters is 1. The first-order chi connectivity index (χ1) is 16.4. The molecule has 1 aromatic heterocycles. The minimum Gasteiger partial charge on any atom is -0.465 e. The maximum atomic E-state index is 12.4. The molecule has 0 unspecified atom stereocenters. The lowest BCUT2D eigenvalue weighted by molar-refractivity contribution is -0.113. The third kappa shape index (κ3) is 6.69. The van der Waals surface area contributed by atoms with E-state index in [0.717, 1.165) is 0 Å². The van der Waals surface area contributed by atoms with Gasteiger partial charge in [-0.2, -0.15) is 0 Å². The zero-order chi connectivity index (χ0) is 24.5. The molecule has 0 saturated heterocycles. The molecule has 0 aliphatic carbocycles. The standard InChI is InChI=1S/C23H22ClN5O4S/c1-3-11-29-19(13-25-21(31)16-5-4-6-17(24)12-16)27-28-23(29)34-14-20(30)26-18-9-7-15(8-10-18)22(32)33-2/h3-10,12H,1,11,13-14H2,2H3,(H,25,31)(H,26,30). The third-order valence-corrected chi connectivity index (χ3v) is 5.72. The van der Waals surface area contributed by atoms with Crippen LogP contribution in [0.25, 0.3) is 0 Å². The summed E-state index contributed by atoms with van der Waals surface area (Å²) >= 11 is 7.15. The summed E-state index contributed by atoms with van der Waals surface area (Å²) in [6.07, 6.45) is 1.68. The van der Waals surface area contributed by atoms with Gasteiger partial charge in [0.25, 0.3) is 5.91 Å². The molecule has 0 radical (unpaired) electrons. The Kier molecular flexibility index (Phi) is 8.83. The van der Waals surface area contributed by atoms with E-state index in [4.69, 9.17) is 11.6 Å². The smallest absolute Gasteiger partial charge is 0.337 e. The highest BCUT2D eigenvalue weighted by Gasteiger charge is 2.15. The summed E-state index contributed by atoms with van der Waals surface area (Å²) in [6.45, 7) is 4.30. The van der Waals surface area contributed by atoms with E-state index in [0.29, 0.717) is 39.4 Å². The molecular formula is C23H22ClN5O4S. The van der Waals surface area contributed by atoms with Gasteiger partial charge in [0.1, 0.15) is 0 Å². The lowest BCUT2D eigenvalue weighted by atomic mass is 10.2. The number of ether oxygens (including phenoxy) is 1. The van der Waals surface area contributed by atoms with E-state index in [1.54, 1.807) is 59.2 Å². The third-order valence-electron chi connectivity index (χ3n) is 4.52. The fraction of sp³-hybridized carbons (Fsp3) is 0.174. The molecule has 0 aliphatic rings. The van der Waals surface area contributed by atoms with Gasteiger partial charge in [0, 0.05) is 22.8 Å². The highest BCUT2D eigenvalue weighted by Crippen LogP contribution is 2.19. The number of hydrogen-bond donors (Lipinski definition) is 2. The minimum absolute atomic E-state index is 0.0862. The van der Waals surface area contributed by atoms with Crippen LogP contribution in [0.1, 0.15) is 26.5 Å². The molecule has 3 aromatic rings. The molecule has 11 heteroatoms. The lowest BCUT2D eigenvalue weighted by Crippen LogP contribution is -2.24. The van der Waals surface area contributed by atoms with Gasteiger partial charge in [-0.05, 0) is 42.5 Å². The van der Waals surface area contributed by atoms with E-state index in [9.17, 15) is 14.4 Å². The number of anilines is 1. The maximum Gasteiger partial charge on any atom is 0.337 e. The van der Waals surface area contributed by atoms with Crippen molar-refractivity contribution in [1.29, 1.82) is 0 Å². The Morgan fingerprint density at radius 3 is 2.59 bits per heavy atom. The largest absolute Gasteiger partial charge is 0.465 e. The van der Waals surface area contributed by atoms with Gasteiger partial charge in [-0.25, -0.2) is 4.79 Å². The monoisotopic (exact) mass is 499 g/mol. The van der Waals surface area contributed by atoms with Crippen molar-refractivity contribution < 1.29 is 19.1 Å². The number of thioether (sulfide) groups is 1. The van der Waals surface area contributed by atoms with E-state index in [1.165, 1.54) is 18.9 Å². The second-order valence-electron chi connectivity index (χ2n) is 6.90. The quantitative estimate of drug-likeness (QED) is 0.249. The van der Waals surface area contributed by atoms with Crippen molar-refractivity contribution >= 4 is 46.8 Å². The summed E-state index contributed by atoms with van der Waals surface area (Å²) in [5, 5.41) is 14.8. The summed E-state index contributed by atoms with van der Waals surface area (Å²) in [7, 11) is 1.30. The average Bonchev–Trinajstić information content (AvgIpc) is 3.22. The highest BCUT2D eigenvalue weighted by atomic mass is 35.5. The van der Waals surface area contributed by atoms with Crippen LogP contribution in [0.4, 0.5) is 5.69 Å². The molecule has 0 atom stereocenters. The molecule has 2 aromatic carbocycles. The van der Waals surface area contributed by atoms with Crippen LogP contribution >= 0.6 is 23.4 Å². The van der Waals surface area contributed by atoms with Crippen LogP contribution in [0.3, 0.4) is 0 Å². The number of nitrogens with one attached hydrogen (secondary N) is 2. The normalized spacial score (nSPS) is 10.4. The van der Waals surface area contributed by atoms with E-state index < -0.39 is 5.97 Å². The molecule has 0 spiro atoms. The minimum atomic E-state index is -0.449. The zero-order valence-corrected chi connectivity index (χ0v) is 19.9. The Morgan fingerprint density at radius 2 is 1.91 bits per heavy atom. The van der Waals surface area contributed by atoms with Gasteiger partial charge in [-0.3, -0.25) is 9.59 Å². The second kappa shape index (κ2) is 12.0. The lowest BCUT2D eigenvalue weighted by Gasteiger charge is -2.09. The Labute approximate surface area is 205 Å². The number of halogens is 1. The topological polar surface area (TPSA) is 115 Å². The van der Waals surface area contributed by atoms with E-state index in [2.05, 4.69) is 32.1 Å². The van der Waals surface area contributed by atoms with Crippen molar-refractivity contribution in [3.63, 3.8) is 0 Å². The van der Waals surface area contributed by atoms with Gasteiger partial charge in [0.05, 0.1) is 25.0 Å². The number of amides is 2. The van der Waals surface area contributed by atoms with Gasteiger partial charge in [0.2, 0.25) is 5.91 Å². The molecule has 34 heavy (non-hydrogen) atoms. The van der Waals surface area contributed by atoms with Crippen LogP contribution in [0.15, 0.2) is 66.3 Å². The fourth-order valence-electron chi connectivity index (χ4n) is 2.89. The molecule has 1 heterocycles. The summed E-state index contributed by atoms with van der Waals surface area (Å²) in [5.41, 5.74) is 1.38. The molecule has 9 nitrogen and oxygen atoms in total. The van der Waals surface area contributed by atoms with Crippen LogP contribution in [-0.4, -0.2) is 45.4 Å². The molecule has 2 amide bonds. The number of hydrogen-bond acceptors (Lipinski definition) is 7. The van der Waals surface area contributed by atoms with Gasteiger partial charge in [-0.15, -0.1) is 16.8 Å². The zero-order valence-electron chi connectivity index (χ0n) is 18.3. The Morgan fingerprint density at radius 1 is 1.15 bits per heavy atom. The number of methoxy groups -OCH3 is 1. The first-order valence-electron chi connectivity index (χ1n) is 10.1. The van der Waals surface area contributed by atoms with E-state index >= 15 is 0 Å². The van der Waals surface area contributed by atoms with Gasteiger partial charge >= 0.3 is 5.97 Å². The first kappa shape index (κ1) is 25.0. The SMILES string of the molecule is C=CCn1c(CNC(=O)c2cccc(Cl)c2)nnc1SCC(=O)Nc1ccc(C(=O)OC)cc1. The summed E-state index contributed by atoms with van der Waals surface area (Å²) < 4.78 is 6.43. The van der Waals surface area contributed by atoms with Crippen molar-refractivity contribution in [2.45, 2.75) is 18.2 Å². The number of allylic oxidation sites excluding steroid dienone is 1. The first-order valence-corrected chi connectivity index (χ1v) is 11.5. The second-order valence-corrected chi connectivity index (χ2v) is 8.28. The van der Waals surface area contributed by atoms with Crippen molar-refractivity contribution in [3.8, 4) is 0 Å². The molecule has 0 bridgehead atoms. The molecular weight excluding hydrogens is 478 g/mol. The molecule has 0 aliphatic heterocycles. The van der Waals surface area contributed by atoms with Crippen LogP contribution in [0.5, 0.6) is 0 Å². The molecule has 3 rings (SSSR count). The summed E-state index contributed by atoms with van der Waals surface area (Å²) in [5.74, 6) is -0.378. The van der Waals surface area contributed by atoms with Gasteiger partial charge in [-0.1, -0.05) is 35.5 Å². The molecule has 0 fully saturated rings. The average molecular weight is 500 g/mol. The Hall–Kier alpha value is -3.63. The predicted molar refractivity (Wildman–Crippen MR) is 130 cm³/mol. The predicted octanol–water partition coefficient (Wildman–Crippen LogP) is 3.56. The summed E-state index contributed by atoms with van der Waals surface area (Å²) in [4.78, 5) is 36.2. The van der Waals surface area contributed by atoms with Crippen LogP contribution in [0, 0.1) is 0 Å². The van der Waals surface area contributed by atoms with Crippen molar-refractivity contribution in [3.05, 3.63) is 83.2 Å². The number of benzene rings is 2. The van der Waals surface area contributed by atoms with Crippen LogP contribution < -0.4 is 10.6 Å². The van der Waals surface area contributed by atoms with Crippen molar-refractivity contribution in [2.24, 2.45) is 0 Å². The number of carbonyl (C=O) groups excluding carboxylic acids is 3. The van der Waals surface area contributed by atoms with Crippen molar-refractivity contribution in [2.75, 3.05) is 18.2 Å². The van der Waals surface area contributed by atoms with E-state index in [1.807, 2.05) is 0 Å².